The van der Waals surface area contributed by atoms with E-state index < -0.39 is 0 Å². The maximum Gasteiger partial charge on any atom is 0.0589 e. The van der Waals surface area contributed by atoms with Crippen molar-refractivity contribution in [1.82, 2.24) is 9.80 Å². The second-order valence-corrected chi connectivity index (χ2v) is 6.55. The first kappa shape index (κ1) is 17.9. The summed E-state index contributed by atoms with van der Waals surface area (Å²) in [4.78, 5) is 5.17. The van der Waals surface area contributed by atoms with Gasteiger partial charge in [0.2, 0.25) is 0 Å². The van der Waals surface area contributed by atoms with Gasteiger partial charge in [0.05, 0.1) is 6.61 Å². The third-order valence-electron chi connectivity index (χ3n) is 4.66. The van der Waals surface area contributed by atoms with E-state index in [0.717, 1.165) is 32.8 Å². The highest BCUT2D eigenvalue weighted by atomic mass is 16.5. The second kappa shape index (κ2) is 8.98. The van der Waals surface area contributed by atoms with Crippen LogP contribution in [0.1, 0.15) is 40.0 Å². The van der Waals surface area contributed by atoms with Crippen molar-refractivity contribution in [3.8, 4) is 0 Å². The first-order valence-electron chi connectivity index (χ1n) is 8.24. The van der Waals surface area contributed by atoms with Gasteiger partial charge < -0.3 is 15.4 Å². The third kappa shape index (κ3) is 4.99. The van der Waals surface area contributed by atoms with Gasteiger partial charge in [0.15, 0.2) is 0 Å². The minimum atomic E-state index is 0.173. The van der Waals surface area contributed by atoms with E-state index in [1.165, 1.54) is 32.4 Å². The average molecular weight is 285 g/mol. The van der Waals surface area contributed by atoms with E-state index in [9.17, 15) is 0 Å². The Balaban J connectivity index is 2.79. The maximum absolute atomic E-state index is 6.24. The fourth-order valence-corrected chi connectivity index (χ4v) is 3.36. The van der Waals surface area contributed by atoms with E-state index in [2.05, 4.69) is 30.6 Å². The summed E-state index contributed by atoms with van der Waals surface area (Å²) in [6, 6.07) is 0. The average Bonchev–Trinajstić information content (AvgIpc) is 2.66. The fraction of sp³-hybridized carbons (Fsp3) is 1.00. The molecule has 1 saturated heterocycles. The Morgan fingerprint density at radius 2 is 2.05 bits per heavy atom. The van der Waals surface area contributed by atoms with E-state index in [1.54, 1.807) is 7.11 Å². The van der Waals surface area contributed by atoms with Gasteiger partial charge in [0, 0.05) is 32.3 Å². The number of nitrogens with zero attached hydrogens (tertiary/aromatic N) is 2. The zero-order valence-corrected chi connectivity index (χ0v) is 14.0. The van der Waals surface area contributed by atoms with E-state index >= 15 is 0 Å². The van der Waals surface area contributed by atoms with Crippen LogP contribution in [0.5, 0.6) is 0 Å². The first-order valence-corrected chi connectivity index (χ1v) is 8.24. The number of methoxy groups -OCH3 is 1. The van der Waals surface area contributed by atoms with Gasteiger partial charge in [0.1, 0.15) is 0 Å². The number of likely N-dealkylation sites (tertiary alicyclic amines) is 1. The highest BCUT2D eigenvalue weighted by Crippen LogP contribution is 2.29. The number of rotatable bonds is 8. The standard InChI is InChI=1S/C16H35N3O/c1-5-18-9-6-7-16(14-17,8-10-18)19(11-12-20-4)13-15(2)3/h15H,5-14,17H2,1-4H3. The van der Waals surface area contributed by atoms with Crippen LogP contribution in [0.15, 0.2) is 0 Å². The highest BCUT2D eigenvalue weighted by molar-refractivity contribution is 4.95. The molecular weight excluding hydrogens is 250 g/mol. The van der Waals surface area contributed by atoms with Crippen LogP contribution < -0.4 is 5.73 Å². The summed E-state index contributed by atoms with van der Waals surface area (Å²) in [7, 11) is 1.79. The van der Waals surface area contributed by atoms with Crippen LogP contribution in [-0.2, 0) is 4.74 Å². The molecule has 0 spiro atoms. The lowest BCUT2D eigenvalue weighted by molar-refractivity contribution is 0.0395. The Morgan fingerprint density at radius 3 is 2.60 bits per heavy atom. The van der Waals surface area contributed by atoms with Crippen molar-refractivity contribution in [2.45, 2.75) is 45.6 Å². The topological polar surface area (TPSA) is 41.7 Å². The molecule has 0 saturated carbocycles. The quantitative estimate of drug-likeness (QED) is 0.738. The monoisotopic (exact) mass is 285 g/mol. The van der Waals surface area contributed by atoms with Crippen LogP contribution in [-0.4, -0.2) is 68.3 Å². The molecule has 4 heteroatoms. The van der Waals surface area contributed by atoms with Gasteiger partial charge in [-0.25, -0.2) is 0 Å². The maximum atomic E-state index is 6.24. The predicted molar refractivity (Wildman–Crippen MR) is 86.0 cm³/mol. The molecule has 1 heterocycles. The molecule has 1 rings (SSSR count). The van der Waals surface area contributed by atoms with Gasteiger partial charge >= 0.3 is 0 Å². The zero-order valence-electron chi connectivity index (χ0n) is 14.0. The largest absolute Gasteiger partial charge is 0.383 e. The lowest BCUT2D eigenvalue weighted by Gasteiger charge is -2.44. The molecule has 120 valence electrons. The van der Waals surface area contributed by atoms with Crippen molar-refractivity contribution in [1.29, 1.82) is 0 Å². The summed E-state index contributed by atoms with van der Waals surface area (Å²) in [5.41, 5.74) is 6.42. The van der Waals surface area contributed by atoms with Gasteiger partial charge in [-0.05, 0) is 44.8 Å². The van der Waals surface area contributed by atoms with E-state index in [4.69, 9.17) is 10.5 Å². The van der Waals surface area contributed by atoms with Crippen LogP contribution in [0.2, 0.25) is 0 Å². The van der Waals surface area contributed by atoms with Crippen LogP contribution in [0.4, 0.5) is 0 Å². The molecule has 0 aromatic rings. The van der Waals surface area contributed by atoms with Gasteiger partial charge in [-0.2, -0.15) is 0 Å². The van der Waals surface area contributed by atoms with Crippen LogP contribution in [0, 0.1) is 5.92 Å². The molecule has 0 aromatic carbocycles. The van der Waals surface area contributed by atoms with Crippen molar-refractivity contribution in [3.05, 3.63) is 0 Å². The summed E-state index contributed by atoms with van der Waals surface area (Å²) in [6.07, 6.45) is 3.66. The summed E-state index contributed by atoms with van der Waals surface area (Å²) in [5.74, 6) is 0.667. The molecule has 1 unspecified atom stereocenters. The molecule has 0 aromatic heterocycles. The van der Waals surface area contributed by atoms with E-state index in [1.807, 2.05) is 0 Å². The molecule has 1 aliphatic heterocycles. The minimum Gasteiger partial charge on any atom is -0.383 e. The molecule has 0 radical (unpaired) electrons. The van der Waals surface area contributed by atoms with Crippen LogP contribution >= 0.6 is 0 Å². The Labute approximate surface area is 125 Å². The number of nitrogens with two attached hydrogens (primary N) is 1. The van der Waals surface area contributed by atoms with Crippen molar-refractivity contribution in [3.63, 3.8) is 0 Å². The summed E-state index contributed by atoms with van der Waals surface area (Å²) < 4.78 is 5.31. The summed E-state index contributed by atoms with van der Waals surface area (Å²) >= 11 is 0. The number of hydrogen-bond acceptors (Lipinski definition) is 4. The fourth-order valence-electron chi connectivity index (χ4n) is 3.36. The Bertz CT molecular complexity index is 260. The molecule has 0 amide bonds. The Hall–Kier alpha value is -0.160. The SMILES string of the molecule is CCN1CCCC(CN)(N(CCOC)CC(C)C)CC1. The van der Waals surface area contributed by atoms with E-state index in [-0.39, 0.29) is 5.54 Å². The zero-order chi connectivity index (χ0) is 15.0. The van der Waals surface area contributed by atoms with Crippen molar-refractivity contribution in [2.75, 3.05) is 53.0 Å². The van der Waals surface area contributed by atoms with Gasteiger partial charge in [-0.1, -0.05) is 20.8 Å². The molecule has 0 aliphatic carbocycles. The highest BCUT2D eigenvalue weighted by Gasteiger charge is 2.36. The van der Waals surface area contributed by atoms with Gasteiger partial charge in [-0.15, -0.1) is 0 Å². The van der Waals surface area contributed by atoms with Crippen LogP contribution in [0.3, 0.4) is 0 Å². The van der Waals surface area contributed by atoms with Crippen molar-refractivity contribution >= 4 is 0 Å². The molecule has 1 fully saturated rings. The summed E-state index contributed by atoms with van der Waals surface area (Å²) in [6.45, 7) is 14.1. The Kier molecular flexibility index (Phi) is 8.03. The van der Waals surface area contributed by atoms with Crippen LogP contribution in [0.25, 0.3) is 0 Å². The lowest BCUT2D eigenvalue weighted by Crippen LogP contribution is -2.56. The summed E-state index contributed by atoms with van der Waals surface area (Å²) in [5, 5.41) is 0. The normalized spacial score (nSPS) is 25.4. The molecule has 0 bridgehead atoms. The van der Waals surface area contributed by atoms with Gasteiger partial charge in [-0.3, -0.25) is 4.90 Å². The van der Waals surface area contributed by atoms with Gasteiger partial charge in [0.25, 0.3) is 0 Å². The van der Waals surface area contributed by atoms with E-state index in [0.29, 0.717) is 5.92 Å². The number of hydrogen-bond donors (Lipinski definition) is 1. The third-order valence-corrected chi connectivity index (χ3v) is 4.66. The van der Waals surface area contributed by atoms with Crippen molar-refractivity contribution in [2.24, 2.45) is 11.7 Å². The number of ether oxygens (including phenoxy) is 1. The molecule has 1 atom stereocenters. The smallest absolute Gasteiger partial charge is 0.0589 e. The predicted octanol–water partition coefficient (Wildman–Crippen LogP) is 1.79. The molecule has 1 aliphatic rings. The minimum absolute atomic E-state index is 0.173. The molecule has 2 N–H and O–H groups in total. The second-order valence-electron chi connectivity index (χ2n) is 6.55. The molecular formula is C16H35N3O. The Morgan fingerprint density at radius 1 is 1.30 bits per heavy atom. The van der Waals surface area contributed by atoms with Crippen molar-refractivity contribution < 1.29 is 4.74 Å². The lowest BCUT2D eigenvalue weighted by atomic mass is 9.87. The molecule has 4 nitrogen and oxygen atoms in total. The molecule has 20 heavy (non-hydrogen) atoms. The first-order chi connectivity index (χ1) is 9.57.